The Kier molecular flexibility index (Phi) is 2.68. The summed E-state index contributed by atoms with van der Waals surface area (Å²) in [6.07, 6.45) is 1.75. The lowest BCUT2D eigenvalue weighted by atomic mass is 10.2. The van der Waals surface area contributed by atoms with Crippen molar-refractivity contribution in [2.75, 3.05) is 5.73 Å². The Bertz CT molecular complexity index is 928. The van der Waals surface area contributed by atoms with Crippen LogP contribution >= 0.6 is 11.3 Å². The zero-order valence-electron chi connectivity index (χ0n) is 10.9. The van der Waals surface area contributed by atoms with Gasteiger partial charge in [0, 0.05) is 23.0 Å². The smallest absolute Gasteiger partial charge is 0.258 e. The van der Waals surface area contributed by atoms with E-state index in [2.05, 4.69) is 15.1 Å². The fraction of sp³-hybridized carbons (Fsp3) is 0. The van der Waals surface area contributed by atoms with E-state index in [0.717, 1.165) is 21.3 Å². The number of nitrogens with two attached hydrogens (primary N) is 1. The third kappa shape index (κ3) is 2.15. The van der Waals surface area contributed by atoms with Gasteiger partial charge in [-0.05, 0) is 35.7 Å². The van der Waals surface area contributed by atoms with Crippen LogP contribution in [-0.2, 0) is 0 Å². The second-order valence-electron chi connectivity index (χ2n) is 4.58. The van der Waals surface area contributed by atoms with Crippen LogP contribution in [0.1, 0.15) is 0 Å². The molecule has 0 amide bonds. The molecule has 0 unspecified atom stereocenters. The van der Waals surface area contributed by atoms with Crippen molar-refractivity contribution in [3.8, 4) is 22.8 Å². The Balaban J connectivity index is 1.76. The maximum atomic E-state index is 5.77. The van der Waals surface area contributed by atoms with Crippen LogP contribution in [-0.4, -0.2) is 15.1 Å². The summed E-state index contributed by atoms with van der Waals surface area (Å²) in [5.41, 5.74) is 9.04. The first-order valence-electron chi connectivity index (χ1n) is 6.33. The maximum Gasteiger partial charge on any atom is 0.258 e. The highest BCUT2D eigenvalue weighted by molar-refractivity contribution is 7.17. The predicted octanol–water partition coefficient (Wildman–Crippen LogP) is 3.60. The molecule has 1 aromatic carbocycles. The number of thiophene rings is 1. The van der Waals surface area contributed by atoms with Crippen molar-refractivity contribution in [1.29, 1.82) is 0 Å². The summed E-state index contributed by atoms with van der Waals surface area (Å²) < 4.78 is 6.41. The van der Waals surface area contributed by atoms with E-state index < -0.39 is 0 Å². The van der Waals surface area contributed by atoms with Crippen molar-refractivity contribution in [1.82, 2.24) is 15.1 Å². The van der Waals surface area contributed by atoms with E-state index in [1.165, 1.54) is 0 Å². The number of rotatable bonds is 2. The molecule has 0 spiro atoms. The number of hydrogen-bond acceptors (Lipinski definition) is 6. The normalized spacial score (nSPS) is 11.0. The van der Waals surface area contributed by atoms with E-state index >= 15 is 0 Å². The zero-order chi connectivity index (χ0) is 14.2. The minimum atomic E-state index is 0.448. The molecule has 0 bridgehead atoms. The molecular formula is C15H10N4OS. The van der Waals surface area contributed by atoms with E-state index in [1.54, 1.807) is 23.6 Å². The van der Waals surface area contributed by atoms with Crippen LogP contribution in [0.3, 0.4) is 0 Å². The summed E-state index contributed by atoms with van der Waals surface area (Å²) in [5, 5.41) is 6.03. The highest BCUT2D eigenvalue weighted by Crippen LogP contribution is 2.26. The van der Waals surface area contributed by atoms with Crippen LogP contribution in [0.15, 0.2) is 52.5 Å². The van der Waals surface area contributed by atoms with Crippen LogP contribution in [0.2, 0.25) is 0 Å². The van der Waals surface area contributed by atoms with Gasteiger partial charge in [-0.1, -0.05) is 11.2 Å². The Morgan fingerprint density at radius 1 is 1.10 bits per heavy atom. The molecule has 3 heterocycles. The molecule has 2 N–H and O–H groups in total. The number of aromatic nitrogens is 3. The number of fused-ring (bicyclic) bond motifs is 1. The number of hydrogen-bond donors (Lipinski definition) is 1. The topological polar surface area (TPSA) is 77.8 Å². The first kappa shape index (κ1) is 12.0. The summed E-state index contributed by atoms with van der Waals surface area (Å²) in [4.78, 5) is 8.80. The summed E-state index contributed by atoms with van der Waals surface area (Å²) in [6.45, 7) is 0. The number of pyridine rings is 1. The standard InChI is InChI=1S/C15H10N4OS/c16-11-3-1-2-9(6-11)15-18-14(19-20-15)10-7-13-12(17-8-10)4-5-21-13/h1-8H,16H2. The van der Waals surface area contributed by atoms with Gasteiger partial charge in [-0.2, -0.15) is 4.98 Å². The Morgan fingerprint density at radius 2 is 2.05 bits per heavy atom. The van der Waals surface area contributed by atoms with E-state index in [1.807, 2.05) is 35.7 Å². The fourth-order valence-corrected chi connectivity index (χ4v) is 2.88. The van der Waals surface area contributed by atoms with Crippen LogP contribution in [0, 0.1) is 0 Å². The Morgan fingerprint density at radius 3 is 2.95 bits per heavy atom. The average molecular weight is 294 g/mol. The monoisotopic (exact) mass is 294 g/mol. The molecule has 5 nitrogen and oxygen atoms in total. The summed E-state index contributed by atoms with van der Waals surface area (Å²) in [7, 11) is 0. The van der Waals surface area contributed by atoms with Crippen LogP contribution in [0.5, 0.6) is 0 Å². The molecule has 102 valence electrons. The molecule has 0 aliphatic carbocycles. The largest absolute Gasteiger partial charge is 0.399 e. The van der Waals surface area contributed by atoms with Gasteiger partial charge in [0.1, 0.15) is 0 Å². The third-order valence-corrected chi connectivity index (χ3v) is 3.97. The minimum absolute atomic E-state index is 0.448. The molecule has 0 atom stereocenters. The highest BCUT2D eigenvalue weighted by atomic mass is 32.1. The van der Waals surface area contributed by atoms with Gasteiger partial charge in [-0.25, -0.2) is 0 Å². The molecule has 0 saturated heterocycles. The average Bonchev–Trinajstić information content (AvgIpc) is 3.15. The molecule has 0 saturated carbocycles. The SMILES string of the molecule is Nc1cccc(-c2nc(-c3cnc4ccsc4c3)no2)c1. The summed E-state index contributed by atoms with van der Waals surface area (Å²) in [6, 6.07) is 11.4. The van der Waals surface area contributed by atoms with Crippen molar-refractivity contribution in [2.24, 2.45) is 0 Å². The zero-order valence-corrected chi connectivity index (χ0v) is 11.7. The molecule has 6 heteroatoms. The molecular weight excluding hydrogens is 284 g/mol. The predicted molar refractivity (Wildman–Crippen MR) is 82.8 cm³/mol. The quantitative estimate of drug-likeness (QED) is 0.571. The number of nitrogen functional groups attached to an aromatic ring is 1. The van der Waals surface area contributed by atoms with Crippen molar-refractivity contribution >= 4 is 27.2 Å². The molecule has 0 radical (unpaired) electrons. The molecule has 21 heavy (non-hydrogen) atoms. The minimum Gasteiger partial charge on any atom is -0.399 e. The molecule has 0 aliphatic rings. The summed E-state index contributed by atoms with van der Waals surface area (Å²) in [5.74, 6) is 0.971. The lowest BCUT2D eigenvalue weighted by Crippen LogP contribution is -1.85. The number of benzene rings is 1. The van der Waals surface area contributed by atoms with Crippen molar-refractivity contribution in [2.45, 2.75) is 0 Å². The van der Waals surface area contributed by atoms with Gasteiger partial charge >= 0.3 is 0 Å². The lowest BCUT2D eigenvalue weighted by Gasteiger charge is -1.95. The second kappa shape index (κ2) is 4.68. The molecule has 4 aromatic rings. The molecule has 3 aromatic heterocycles. The van der Waals surface area contributed by atoms with Gasteiger partial charge in [0.15, 0.2) is 0 Å². The van der Waals surface area contributed by atoms with Gasteiger partial charge in [-0.15, -0.1) is 11.3 Å². The van der Waals surface area contributed by atoms with Gasteiger partial charge in [0.25, 0.3) is 5.89 Å². The van der Waals surface area contributed by atoms with E-state index in [9.17, 15) is 0 Å². The van der Waals surface area contributed by atoms with Crippen LogP contribution in [0.4, 0.5) is 5.69 Å². The Hall–Kier alpha value is -2.73. The lowest BCUT2D eigenvalue weighted by molar-refractivity contribution is 0.432. The van der Waals surface area contributed by atoms with Gasteiger partial charge < -0.3 is 10.3 Å². The van der Waals surface area contributed by atoms with Crippen molar-refractivity contribution < 1.29 is 4.52 Å². The molecule has 4 rings (SSSR count). The van der Waals surface area contributed by atoms with Gasteiger partial charge in [-0.3, -0.25) is 4.98 Å². The van der Waals surface area contributed by atoms with Gasteiger partial charge in [0.2, 0.25) is 5.82 Å². The first-order valence-corrected chi connectivity index (χ1v) is 7.21. The van der Waals surface area contributed by atoms with Crippen LogP contribution in [0.25, 0.3) is 33.1 Å². The summed E-state index contributed by atoms with van der Waals surface area (Å²) >= 11 is 1.64. The third-order valence-electron chi connectivity index (χ3n) is 3.12. The first-order chi connectivity index (χ1) is 10.3. The van der Waals surface area contributed by atoms with E-state index in [-0.39, 0.29) is 0 Å². The van der Waals surface area contributed by atoms with Gasteiger partial charge in [0.05, 0.1) is 10.2 Å². The Labute approximate surface area is 124 Å². The molecule has 0 aliphatic heterocycles. The number of anilines is 1. The maximum absolute atomic E-state index is 5.77. The van der Waals surface area contributed by atoms with Crippen molar-refractivity contribution in [3.63, 3.8) is 0 Å². The van der Waals surface area contributed by atoms with E-state index in [4.69, 9.17) is 10.3 Å². The van der Waals surface area contributed by atoms with Crippen LogP contribution < -0.4 is 5.73 Å². The second-order valence-corrected chi connectivity index (χ2v) is 5.52. The number of nitrogens with zero attached hydrogens (tertiary/aromatic N) is 3. The molecule has 0 fully saturated rings. The van der Waals surface area contributed by atoms with E-state index in [0.29, 0.717) is 17.4 Å². The van der Waals surface area contributed by atoms with Crippen molar-refractivity contribution in [3.05, 3.63) is 48.0 Å². The fourth-order valence-electron chi connectivity index (χ4n) is 2.10. The highest BCUT2D eigenvalue weighted by Gasteiger charge is 2.12.